The number of nitrogens with zero attached hydrogens (tertiary/aromatic N) is 2. The van der Waals surface area contributed by atoms with Crippen LogP contribution in [0.4, 0.5) is 23.2 Å². The molecule has 8 nitrogen and oxygen atoms in total. The fourth-order valence-electron chi connectivity index (χ4n) is 2.98. The Morgan fingerprint density at radius 3 is 2.24 bits per heavy atom. The van der Waals surface area contributed by atoms with Gasteiger partial charge in [0.15, 0.2) is 23.1 Å². The third kappa shape index (κ3) is 5.05. The number of primary amides is 1. The first-order valence-corrected chi connectivity index (χ1v) is 9.20. The van der Waals surface area contributed by atoms with E-state index in [-0.39, 0.29) is 16.4 Å². The molecule has 0 aliphatic rings. The van der Waals surface area contributed by atoms with Crippen LogP contribution in [0.15, 0.2) is 42.6 Å². The zero-order chi connectivity index (χ0) is 24.3. The molecule has 2 aromatic carbocycles. The number of rotatable bonds is 7. The summed E-state index contributed by atoms with van der Waals surface area (Å²) in [5.74, 6) is -4.05. The van der Waals surface area contributed by atoms with Gasteiger partial charge in [-0.2, -0.15) is 13.2 Å². The van der Waals surface area contributed by atoms with Gasteiger partial charge in [-0.15, -0.1) is 0 Å². The summed E-state index contributed by atoms with van der Waals surface area (Å²) in [6.45, 7) is -1.09. The molecular formula is C21H17F4N3O5. The topological polar surface area (TPSA) is 104 Å². The molecule has 33 heavy (non-hydrogen) atoms. The van der Waals surface area contributed by atoms with Crippen LogP contribution in [0.2, 0.25) is 0 Å². The number of alkyl halides is 3. The standard InChI is InChI=1S/C21H17F4N3O5/c1-31-17-8-12-14(9-18(17)32-2)27-6-5-15(12)33-16-4-3-11(7-13(16)22)28(10-19(26)29)20(30)21(23,24)25/h3-9H,10H2,1-2H3,(H2,26,29). The first-order chi connectivity index (χ1) is 15.5. The molecule has 2 amide bonds. The van der Waals surface area contributed by atoms with Crippen molar-refractivity contribution in [3.63, 3.8) is 0 Å². The van der Waals surface area contributed by atoms with Gasteiger partial charge in [-0.25, -0.2) is 4.39 Å². The van der Waals surface area contributed by atoms with Crippen LogP contribution in [0.1, 0.15) is 0 Å². The predicted molar refractivity (Wildman–Crippen MR) is 109 cm³/mol. The first kappa shape index (κ1) is 23.6. The van der Waals surface area contributed by atoms with Gasteiger partial charge in [0.1, 0.15) is 12.3 Å². The van der Waals surface area contributed by atoms with Crippen LogP contribution >= 0.6 is 0 Å². The summed E-state index contributed by atoms with van der Waals surface area (Å²) in [5.41, 5.74) is 4.86. The molecule has 0 bridgehead atoms. The summed E-state index contributed by atoms with van der Waals surface area (Å²) in [4.78, 5) is 27.0. The van der Waals surface area contributed by atoms with Gasteiger partial charge in [0, 0.05) is 29.4 Å². The van der Waals surface area contributed by atoms with Crippen LogP contribution in [0, 0.1) is 5.82 Å². The van der Waals surface area contributed by atoms with Crippen molar-refractivity contribution in [1.29, 1.82) is 0 Å². The number of anilines is 1. The van der Waals surface area contributed by atoms with Gasteiger partial charge in [-0.05, 0) is 24.3 Å². The molecule has 0 unspecified atom stereocenters. The molecule has 0 saturated heterocycles. The fourth-order valence-corrected chi connectivity index (χ4v) is 2.98. The van der Waals surface area contributed by atoms with Crippen molar-refractivity contribution in [2.75, 3.05) is 25.7 Å². The number of pyridine rings is 1. The molecule has 0 fully saturated rings. The summed E-state index contributed by atoms with van der Waals surface area (Å²) in [6, 6.07) is 7.26. The number of methoxy groups -OCH3 is 2. The van der Waals surface area contributed by atoms with Gasteiger partial charge in [0.25, 0.3) is 0 Å². The normalized spacial score (nSPS) is 11.2. The predicted octanol–water partition coefficient (Wildman–Crippen LogP) is 3.56. The molecule has 0 aliphatic heterocycles. The summed E-state index contributed by atoms with van der Waals surface area (Å²) in [7, 11) is 2.88. The lowest BCUT2D eigenvalue weighted by atomic mass is 10.1. The number of fused-ring (bicyclic) bond motifs is 1. The highest BCUT2D eigenvalue weighted by molar-refractivity contribution is 6.01. The third-order valence-electron chi connectivity index (χ3n) is 4.46. The van der Waals surface area contributed by atoms with E-state index in [9.17, 15) is 27.2 Å². The van der Waals surface area contributed by atoms with Crippen LogP contribution in [0.25, 0.3) is 10.9 Å². The van der Waals surface area contributed by atoms with E-state index in [4.69, 9.17) is 19.9 Å². The molecule has 0 spiro atoms. The van der Waals surface area contributed by atoms with Crippen LogP contribution in [-0.2, 0) is 9.59 Å². The minimum absolute atomic E-state index is 0.0359. The summed E-state index contributed by atoms with van der Waals surface area (Å²) >= 11 is 0. The number of nitrogens with two attached hydrogens (primary N) is 1. The lowest BCUT2D eigenvalue weighted by Crippen LogP contribution is -2.45. The molecule has 174 valence electrons. The molecule has 1 aromatic heterocycles. The smallest absolute Gasteiger partial charge is 0.471 e. The van der Waals surface area contributed by atoms with E-state index in [0.29, 0.717) is 28.5 Å². The Bertz CT molecular complexity index is 1220. The van der Waals surface area contributed by atoms with Crippen LogP contribution in [-0.4, -0.2) is 43.7 Å². The van der Waals surface area contributed by atoms with Crippen LogP contribution in [0.3, 0.4) is 0 Å². The van der Waals surface area contributed by atoms with E-state index in [1.807, 2.05) is 0 Å². The number of carbonyl (C=O) groups is 2. The molecule has 3 rings (SSSR count). The first-order valence-electron chi connectivity index (χ1n) is 9.20. The molecule has 0 radical (unpaired) electrons. The number of benzene rings is 2. The van der Waals surface area contributed by atoms with Gasteiger partial charge < -0.3 is 19.9 Å². The minimum Gasteiger partial charge on any atom is -0.493 e. The Morgan fingerprint density at radius 1 is 1.00 bits per heavy atom. The van der Waals surface area contributed by atoms with Crippen molar-refractivity contribution in [1.82, 2.24) is 4.98 Å². The van der Waals surface area contributed by atoms with Crippen molar-refractivity contribution < 1.29 is 41.4 Å². The Labute approximate surface area is 184 Å². The van der Waals surface area contributed by atoms with E-state index in [0.717, 1.165) is 12.1 Å². The summed E-state index contributed by atoms with van der Waals surface area (Å²) in [5, 5.41) is 0.446. The van der Waals surface area contributed by atoms with Crippen molar-refractivity contribution in [2.45, 2.75) is 6.18 Å². The van der Waals surface area contributed by atoms with Crippen molar-refractivity contribution >= 4 is 28.4 Å². The average molecular weight is 467 g/mol. The third-order valence-corrected chi connectivity index (χ3v) is 4.46. The number of hydrogen-bond donors (Lipinski definition) is 1. The second-order valence-corrected chi connectivity index (χ2v) is 6.61. The second-order valence-electron chi connectivity index (χ2n) is 6.61. The molecular weight excluding hydrogens is 450 g/mol. The van der Waals surface area contributed by atoms with Gasteiger partial charge in [-0.1, -0.05) is 0 Å². The lowest BCUT2D eigenvalue weighted by Gasteiger charge is -2.23. The SMILES string of the molecule is COc1cc2nccc(Oc3ccc(N(CC(N)=O)C(=O)C(F)(F)F)cc3F)c2cc1OC. The zero-order valence-electron chi connectivity index (χ0n) is 17.3. The van der Waals surface area contributed by atoms with Crippen molar-refractivity contribution in [3.8, 4) is 23.0 Å². The fraction of sp³-hybridized carbons (Fsp3) is 0.190. The van der Waals surface area contributed by atoms with E-state index < -0.39 is 36.0 Å². The number of halogens is 4. The lowest BCUT2D eigenvalue weighted by molar-refractivity contribution is -0.170. The number of amides is 2. The average Bonchev–Trinajstić information content (AvgIpc) is 2.76. The van der Waals surface area contributed by atoms with Crippen molar-refractivity contribution in [2.24, 2.45) is 5.73 Å². The monoisotopic (exact) mass is 467 g/mol. The molecule has 0 saturated carbocycles. The number of aromatic nitrogens is 1. The Morgan fingerprint density at radius 2 is 1.67 bits per heavy atom. The van der Waals surface area contributed by atoms with Gasteiger partial charge in [-0.3, -0.25) is 19.5 Å². The molecule has 0 aliphatic carbocycles. The quantitative estimate of drug-likeness (QED) is 0.533. The highest BCUT2D eigenvalue weighted by Gasteiger charge is 2.43. The Kier molecular flexibility index (Phi) is 6.56. The highest BCUT2D eigenvalue weighted by Crippen LogP contribution is 2.38. The molecule has 1 heterocycles. The van der Waals surface area contributed by atoms with Crippen LogP contribution < -0.4 is 24.8 Å². The number of ether oxygens (including phenoxy) is 3. The van der Waals surface area contributed by atoms with E-state index in [1.54, 1.807) is 12.1 Å². The maximum Gasteiger partial charge on any atom is 0.471 e. The number of hydrogen-bond acceptors (Lipinski definition) is 6. The summed E-state index contributed by atoms with van der Waals surface area (Å²) in [6.07, 6.45) is -3.89. The molecule has 0 atom stereocenters. The second kappa shape index (κ2) is 9.18. The van der Waals surface area contributed by atoms with Gasteiger partial charge >= 0.3 is 12.1 Å². The van der Waals surface area contributed by atoms with Gasteiger partial charge in [0.2, 0.25) is 5.91 Å². The van der Waals surface area contributed by atoms with E-state index in [2.05, 4.69) is 4.98 Å². The van der Waals surface area contributed by atoms with E-state index >= 15 is 0 Å². The van der Waals surface area contributed by atoms with E-state index in [1.165, 1.54) is 26.5 Å². The Hall–Kier alpha value is -4.09. The molecule has 3 aromatic rings. The molecule has 12 heteroatoms. The number of carbonyl (C=O) groups excluding carboxylic acids is 2. The maximum atomic E-state index is 14.7. The Balaban J connectivity index is 1.98. The van der Waals surface area contributed by atoms with Crippen LogP contribution in [0.5, 0.6) is 23.0 Å². The summed E-state index contributed by atoms with van der Waals surface area (Å²) < 4.78 is 69.5. The minimum atomic E-state index is -5.29. The maximum absolute atomic E-state index is 14.7. The largest absolute Gasteiger partial charge is 0.493 e. The van der Waals surface area contributed by atoms with Crippen molar-refractivity contribution in [3.05, 3.63) is 48.4 Å². The van der Waals surface area contributed by atoms with Gasteiger partial charge in [0.05, 0.1) is 19.7 Å². The molecule has 2 N–H and O–H groups in total. The zero-order valence-corrected chi connectivity index (χ0v) is 17.3. The highest BCUT2D eigenvalue weighted by atomic mass is 19.4.